The zero-order chi connectivity index (χ0) is 14.4. The summed E-state index contributed by atoms with van der Waals surface area (Å²) in [6, 6.07) is 4.60. The average molecular weight is 294 g/mol. The first-order chi connectivity index (χ1) is 9.70. The van der Waals surface area contributed by atoms with Gasteiger partial charge in [0.15, 0.2) is 0 Å². The molecule has 5 heteroatoms. The number of nitrogens with zero attached hydrogens (tertiary/aromatic N) is 2. The van der Waals surface area contributed by atoms with E-state index >= 15 is 0 Å². The van der Waals surface area contributed by atoms with E-state index in [9.17, 15) is 4.39 Å². The molecule has 2 rings (SSSR count). The number of benzene rings is 1. The number of hydrogen-bond donors (Lipinski definition) is 1. The fraction of sp³-hybridized carbons (Fsp3) is 0.333. The van der Waals surface area contributed by atoms with Crippen LogP contribution in [0.1, 0.15) is 30.5 Å². The Morgan fingerprint density at radius 3 is 2.75 bits per heavy atom. The molecule has 1 N–H and O–H groups in total. The maximum Gasteiger partial charge on any atom is 0.126 e. The highest BCUT2D eigenvalue weighted by molar-refractivity contribution is 6.30. The molecule has 1 atom stereocenters. The largest absolute Gasteiger partial charge is 0.310 e. The van der Waals surface area contributed by atoms with Gasteiger partial charge >= 0.3 is 0 Å². The van der Waals surface area contributed by atoms with Crippen LogP contribution in [-0.2, 0) is 6.42 Å². The molecule has 0 aliphatic carbocycles. The molecule has 0 radical (unpaired) electrons. The summed E-state index contributed by atoms with van der Waals surface area (Å²) in [5, 5.41) is 3.93. The van der Waals surface area contributed by atoms with Crippen LogP contribution in [0.15, 0.2) is 36.9 Å². The van der Waals surface area contributed by atoms with Crippen LogP contribution in [0.5, 0.6) is 0 Å². The van der Waals surface area contributed by atoms with Gasteiger partial charge in [0.25, 0.3) is 0 Å². The Balaban J connectivity index is 2.21. The van der Waals surface area contributed by atoms with Crippen LogP contribution < -0.4 is 5.32 Å². The molecule has 20 heavy (non-hydrogen) atoms. The lowest BCUT2D eigenvalue weighted by molar-refractivity contribution is 0.510. The smallest absolute Gasteiger partial charge is 0.126 e. The molecule has 0 aliphatic rings. The Hall–Kier alpha value is -1.52. The first kappa shape index (κ1) is 14.9. The van der Waals surface area contributed by atoms with Crippen LogP contribution in [0.4, 0.5) is 4.39 Å². The lowest BCUT2D eigenvalue weighted by atomic mass is 10.0. The van der Waals surface area contributed by atoms with E-state index in [4.69, 9.17) is 11.6 Å². The van der Waals surface area contributed by atoms with E-state index in [0.29, 0.717) is 17.0 Å². The Labute approximate surface area is 123 Å². The standard InChI is InChI=1S/C15H17ClFN3/c1-2-5-20-15(12-8-18-10-19-9-12)7-11-6-13(16)3-4-14(11)17/h3-4,6,8-10,15,20H,2,5,7H2,1H3. The van der Waals surface area contributed by atoms with Gasteiger partial charge in [0.1, 0.15) is 12.1 Å². The number of halogens is 2. The highest BCUT2D eigenvalue weighted by Gasteiger charge is 2.15. The molecule has 0 bridgehead atoms. The summed E-state index contributed by atoms with van der Waals surface area (Å²) in [4.78, 5) is 8.05. The van der Waals surface area contributed by atoms with E-state index in [1.165, 1.54) is 12.4 Å². The van der Waals surface area contributed by atoms with Crippen LogP contribution in [0.2, 0.25) is 5.02 Å². The van der Waals surface area contributed by atoms with Crippen molar-refractivity contribution in [3.05, 3.63) is 58.9 Å². The molecule has 1 aromatic carbocycles. The van der Waals surface area contributed by atoms with E-state index in [1.54, 1.807) is 24.5 Å². The predicted molar refractivity (Wildman–Crippen MR) is 78.2 cm³/mol. The Kier molecular flexibility index (Phi) is 5.44. The predicted octanol–water partition coefficient (Wildman–Crippen LogP) is 3.55. The van der Waals surface area contributed by atoms with Crippen molar-refractivity contribution in [1.29, 1.82) is 0 Å². The molecule has 0 fully saturated rings. The maximum absolute atomic E-state index is 13.9. The lowest BCUT2D eigenvalue weighted by Gasteiger charge is -2.18. The molecule has 106 valence electrons. The zero-order valence-electron chi connectivity index (χ0n) is 11.3. The fourth-order valence-corrected chi connectivity index (χ4v) is 2.23. The molecule has 0 saturated heterocycles. The van der Waals surface area contributed by atoms with Crippen molar-refractivity contribution in [2.24, 2.45) is 0 Å². The Bertz CT molecular complexity index is 548. The molecule has 0 amide bonds. The van der Waals surface area contributed by atoms with Crippen molar-refractivity contribution in [2.75, 3.05) is 6.54 Å². The molecular weight excluding hydrogens is 277 g/mol. The number of rotatable bonds is 6. The van der Waals surface area contributed by atoms with Gasteiger partial charge in [-0.3, -0.25) is 0 Å². The third-order valence-electron chi connectivity index (χ3n) is 3.06. The molecule has 1 unspecified atom stereocenters. The minimum absolute atomic E-state index is 0.0240. The zero-order valence-corrected chi connectivity index (χ0v) is 12.1. The molecule has 3 nitrogen and oxygen atoms in total. The van der Waals surface area contributed by atoms with Crippen molar-refractivity contribution in [2.45, 2.75) is 25.8 Å². The minimum atomic E-state index is -0.241. The van der Waals surface area contributed by atoms with Gasteiger partial charge in [0, 0.05) is 29.0 Å². The molecule has 2 aromatic rings. The normalized spacial score (nSPS) is 12.3. The third-order valence-corrected chi connectivity index (χ3v) is 3.29. The first-order valence-electron chi connectivity index (χ1n) is 6.63. The van der Waals surface area contributed by atoms with Gasteiger partial charge < -0.3 is 5.32 Å². The van der Waals surface area contributed by atoms with Crippen LogP contribution in [0, 0.1) is 5.82 Å². The molecule has 1 heterocycles. The Morgan fingerprint density at radius 2 is 2.05 bits per heavy atom. The van der Waals surface area contributed by atoms with Crippen LogP contribution in [-0.4, -0.2) is 16.5 Å². The van der Waals surface area contributed by atoms with Crippen molar-refractivity contribution in [3.63, 3.8) is 0 Å². The van der Waals surface area contributed by atoms with E-state index in [1.807, 2.05) is 0 Å². The molecule has 1 aromatic heterocycles. The monoisotopic (exact) mass is 293 g/mol. The molecule has 0 aliphatic heterocycles. The van der Waals surface area contributed by atoms with Gasteiger partial charge in [-0.25, -0.2) is 14.4 Å². The minimum Gasteiger partial charge on any atom is -0.310 e. The van der Waals surface area contributed by atoms with Gasteiger partial charge in [-0.1, -0.05) is 18.5 Å². The van der Waals surface area contributed by atoms with E-state index < -0.39 is 0 Å². The van der Waals surface area contributed by atoms with Crippen LogP contribution >= 0.6 is 11.6 Å². The summed E-state index contributed by atoms with van der Waals surface area (Å²) < 4.78 is 13.9. The topological polar surface area (TPSA) is 37.8 Å². The van der Waals surface area contributed by atoms with E-state index in [-0.39, 0.29) is 11.9 Å². The first-order valence-corrected chi connectivity index (χ1v) is 7.00. The second-order valence-electron chi connectivity index (χ2n) is 4.62. The van der Waals surface area contributed by atoms with Gasteiger partial charge in [-0.2, -0.15) is 0 Å². The summed E-state index contributed by atoms with van der Waals surface area (Å²) >= 11 is 5.94. The Morgan fingerprint density at radius 1 is 1.30 bits per heavy atom. The summed E-state index contributed by atoms with van der Waals surface area (Å²) in [6.45, 7) is 2.94. The van der Waals surface area contributed by atoms with Crippen molar-refractivity contribution < 1.29 is 4.39 Å². The highest BCUT2D eigenvalue weighted by Crippen LogP contribution is 2.22. The summed E-state index contributed by atoms with van der Waals surface area (Å²) in [5.41, 5.74) is 1.54. The quantitative estimate of drug-likeness (QED) is 0.885. The fourth-order valence-electron chi connectivity index (χ4n) is 2.04. The van der Waals surface area contributed by atoms with Crippen LogP contribution in [0.25, 0.3) is 0 Å². The molecule has 0 spiro atoms. The third kappa shape index (κ3) is 3.99. The molecule has 0 saturated carbocycles. The average Bonchev–Trinajstić information content (AvgIpc) is 2.48. The van der Waals surface area contributed by atoms with Gasteiger partial charge in [-0.05, 0) is 43.1 Å². The maximum atomic E-state index is 13.9. The second kappa shape index (κ2) is 7.31. The van der Waals surface area contributed by atoms with Crippen molar-refractivity contribution in [3.8, 4) is 0 Å². The van der Waals surface area contributed by atoms with E-state index in [0.717, 1.165) is 18.5 Å². The van der Waals surface area contributed by atoms with Crippen molar-refractivity contribution >= 4 is 11.6 Å². The number of aromatic nitrogens is 2. The number of hydrogen-bond acceptors (Lipinski definition) is 3. The van der Waals surface area contributed by atoms with Crippen LogP contribution in [0.3, 0.4) is 0 Å². The van der Waals surface area contributed by atoms with Crippen molar-refractivity contribution in [1.82, 2.24) is 15.3 Å². The van der Waals surface area contributed by atoms with E-state index in [2.05, 4.69) is 22.2 Å². The molecular formula is C15H17ClFN3. The second-order valence-corrected chi connectivity index (χ2v) is 5.05. The number of nitrogens with one attached hydrogen (secondary N) is 1. The highest BCUT2D eigenvalue weighted by atomic mass is 35.5. The van der Waals surface area contributed by atoms with Gasteiger partial charge in [0.05, 0.1) is 0 Å². The SMILES string of the molecule is CCCNC(Cc1cc(Cl)ccc1F)c1cncnc1. The summed E-state index contributed by atoms with van der Waals surface area (Å²) in [5.74, 6) is -0.241. The van der Waals surface area contributed by atoms with Gasteiger partial charge in [0.2, 0.25) is 0 Å². The summed E-state index contributed by atoms with van der Waals surface area (Å²) in [7, 11) is 0. The lowest BCUT2D eigenvalue weighted by Crippen LogP contribution is -2.24. The summed E-state index contributed by atoms with van der Waals surface area (Å²) in [6.07, 6.45) is 6.51. The van der Waals surface area contributed by atoms with Gasteiger partial charge in [-0.15, -0.1) is 0 Å².